The summed E-state index contributed by atoms with van der Waals surface area (Å²) in [7, 11) is 4.00. The Balaban J connectivity index is 1.75. The zero-order chi connectivity index (χ0) is 16.4. The number of rotatable bonds is 3. The molecule has 1 fully saturated rings. The van der Waals surface area contributed by atoms with Crippen LogP contribution in [-0.2, 0) is 0 Å². The van der Waals surface area contributed by atoms with Crippen LogP contribution >= 0.6 is 11.3 Å². The number of likely N-dealkylation sites (tertiary alicyclic amines) is 1. The van der Waals surface area contributed by atoms with Gasteiger partial charge < -0.3 is 9.80 Å². The van der Waals surface area contributed by atoms with Gasteiger partial charge in [-0.15, -0.1) is 11.3 Å². The van der Waals surface area contributed by atoms with E-state index in [0.717, 1.165) is 36.6 Å². The van der Waals surface area contributed by atoms with Crippen molar-refractivity contribution < 1.29 is 4.79 Å². The van der Waals surface area contributed by atoms with Crippen LogP contribution in [0.3, 0.4) is 0 Å². The third-order valence-electron chi connectivity index (χ3n) is 4.36. The summed E-state index contributed by atoms with van der Waals surface area (Å²) in [5.74, 6) is 1.55. The fourth-order valence-corrected chi connectivity index (χ4v) is 3.91. The molecule has 0 bridgehead atoms. The lowest BCUT2D eigenvalue weighted by molar-refractivity contribution is 0.0712. The van der Waals surface area contributed by atoms with E-state index in [9.17, 15) is 4.79 Å². The fourth-order valence-electron chi connectivity index (χ4n) is 3.07. The average molecular weight is 329 g/mol. The zero-order valence-corrected chi connectivity index (χ0v) is 14.8. The highest BCUT2D eigenvalue weighted by atomic mass is 32.1. The average Bonchev–Trinajstić information content (AvgIpc) is 3.01. The van der Waals surface area contributed by atoms with E-state index in [4.69, 9.17) is 0 Å². The van der Waals surface area contributed by atoms with E-state index in [1.165, 1.54) is 10.4 Å². The van der Waals surface area contributed by atoms with Crippen molar-refractivity contribution >= 4 is 23.1 Å². The van der Waals surface area contributed by atoms with Gasteiger partial charge in [-0.05, 0) is 49.6 Å². The molecule has 3 rings (SSSR count). The van der Waals surface area contributed by atoms with Crippen molar-refractivity contribution in [3.63, 3.8) is 0 Å². The van der Waals surface area contributed by atoms with Crippen LogP contribution < -0.4 is 4.90 Å². The molecule has 1 atom stereocenters. The van der Waals surface area contributed by atoms with Crippen molar-refractivity contribution in [3.8, 4) is 0 Å². The Morgan fingerprint density at radius 1 is 1.35 bits per heavy atom. The number of anilines is 1. The van der Waals surface area contributed by atoms with Gasteiger partial charge in [0.1, 0.15) is 5.82 Å². The number of hydrogen-bond acceptors (Lipinski definition) is 4. The Hall–Kier alpha value is -1.88. The van der Waals surface area contributed by atoms with Gasteiger partial charge in [0.05, 0.1) is 4.88 Å². The molecule has 23 heavy (non-hydrogen) atoms. The van der Waals surface area contributed by atoms with E-state index in [-0.39, 0.29) is 5.91 Å². The molecule has 1 aliphatic rings. The first-order chi connectivity index (χ1) is 11.0. The number of aryl methyl sites for hydroxylation is 1. The van der Waals surface area contributed by atoms with E-state index in [0.29, 0.717) is 5.92 Å². The molecular formula is C18H23N3OS. The van der Waals surface area contributed by atoms with Crippen LogP contribution in [0.15, 0.2) is 30.5 Å². The normalized spacial score (nSPS) is 18.0. The second-order valence-corrected chi connectivity index (χ2v) is 7.63. The summed E-state index contributed by atoms with van der Waals surface area (Å²) in [6.07, 6.45) is 4.05. The number of aromatic nitrogens is 1. The van der Waals surface area contributed by atoms with Crippen LogP contribution in [-0.4, -0.2) is 43.0 Å². The first-order valence-electron chi connectivity index (χ1n) is 8.03. The maximum absolute atomic E-state index is 12.7. The SMILES string of the molecule is Cc1ccc(C(=O)N2CCC[C@@H](c3ccnc(N(C)C)c3)C2)s1. The number of nitrogens with zero attached hydrogens (tertiary/aromatic N) is 3. The molecule has 5 heteroatoms. The quantitative estimate of drug-likeness (QED) is 0.864. The van der Waals surface area contributed by atoms with Crippen LogP contribution in [0.2, 0.25) is 0 Å². The van der Waals surface area contributed by atoms with E-state index in [1.807, 2.05) is 49.1 Å². The number of carbonyl (C=O) groups is 1. The van der Waals surface area contributed by atoms with Gasteiger partial charge >= 0.3 is 0 Å². The summed E-state index contributed by atoms with van der Waals surface area (Å²) in [6, 6.07) is 8.20. The summed E-state index contributed by atoms with van der Waals surface area (Å²) < 4.78 is 0. The van der Waals surface area contributed by atoms with Gasteiger partial charge in [-0.1, -0.05) is 0 Å². The molecule has 122 valence electrons. The number of pyridine rings is 1. The zero-order valence-electron chi connectivity index (χ0n) is 14.0. The first-order valence-corrected chi connectivity index (χ1v) is 8.85. The molecule has 0 aliphatic carbocycles. The summed E-state index contributed by atoms with van der Waals surface area (Å²) in [6.45, 7) is 3.70. The van der Waals surface area contributed by atoms with Crippen molar-refractivity contribution in [2.75, 3.05) is 32.1 Å². The summed E-state index contributed by atoms with van der Waals surface area (Å²) in [5.41, 5.74) is 1.28. The Morgan fingerprint density at radius 3 is 2.87 bits per heavy atom. The number of amides is 1. The molecule has 0 aromatic carbocycles. The first kappa shape index (κ1) is 16.0. The van der Waals surface area contributed by atoms with Crippen molar-refractivity contribution in [1.82, 2.24) is 9.88 Å². The van der Waals surface area contributed by atoms with Crippen molar-refractivity contribution in [1.29, 1.82) is 0 Å². The largest absolute Gasteiger partial charge is 0.363 e. The second-order valence-electron chi connectivity index (χ2n) is 6.34. The third kappa shape index (κ3) is 3.55. The molecule has 3 heterocycles. The van der Waals surface area contributed by atoms with Crippen LogP contribution in [0, 0.1) is 6.92 Å². The van der Waals surface area contributed by atoms with Crippen molar-refractivity contribution in [2.24, 2.45) is 0 Å². The Labute approximate surface area is 141 Å². The van der Waals surface area contributed by atoms with Gasteiger partial charge in [-0.2, -0.15) is 0 Å². The lowest BCUT2D eigenvalue weighted by Gasteiger charge is -2.33. The van der Waals surface area contributed by atoms with Crippen LogP contribution in [0.1, 0.15) is 38.9 Å². The molecule has 2 aromatic heterocycles. The minimum Gasteiger partial charge on any atom is -0.363 e. The monoisotopic (exact) mass is 329 g/mol. The number of hydrogen-bond donors (Lipinski definition) is 0. The fraction of sp³-hybridized carbons (Fsp3) is 0.444. The third-order valence-corrected chi connectivity index (χ3v) is 5.35. The number of carbonyl (C=O) groups excluding carboxylic acids is 1. The van der Waals surface area contributed by atoms with E-state index >= 15 is 0 Å². The highest BCUT2D eigenvalue weighted by molar-refractivity contribution is 7.13. The smallest absolute Gasteiger partial charge is 0.263 e. The highest BCUT2D eigenvalue weighted by Crippen LogP contribution is 2.29. The summed E-state index contributed by atoms with van der Waals surface area (Å²) >= 11 is 1.59. The maximum atomic E-state index is 12.7. The van der Waals surface area contributed by atoms with Gasteiger partial charge in [0.25, 0.3) is 5.91 Å². The molecular weight excluding hydrogens is 306 g/mol. The highest BCUT2D eigenvalue weighted by Gasteiger charge is 2.26. The lowest BCUT2D eigenvalue weighted by atomic mass is 9.91. The second kappa shape index (κ2) is 6.71. The van der Waals surface area contributed by atoms with Gasteiger partial charge in [0.2, 0.25) is 0 Å². The van der Waals surface area contributed by atoms with Crippen molar-refractivity contribution in [3.05, 3.63) is 45.8 Å². The molecule has 2 aromatic rings. The lowest BCUT2D eigenvalue weighted by Crippen LogP contribution is -2.38. The van der Waals surface area contributed by atoms with Crippen LogP contribution in [0.25, 0.3) is 0 Å². The molecule has 1 saturated heterocycles. The van der Waals surface area contributed by atoms with Crippen LogP contribution in [0.5, 0.6) is 0 Å². The van der Waals surface area contributed by atoms with Gasteiger partial charge in [0.15, 0.2) is 0 Å². The predicted molar refractivity (Wildman–Crippen MR) is 95.5 cm³/mol. The predicted octanol–water partition coefficient (Wildman–Crippen LogP) is 3.54. The summed E-state index contributed by atoms with van der Waals surface area (Å²) in [5, 5.41) is 0. The Morgan fingerprint density at radius 2 is 2.17 bits per heavy atom. The van der Waals surface area contributed by atoms with E-state index in [2.05, 4.69) is 17.1 Å². The molecule has 4 nitrogen and oxygen atoms in total. The minimum absolute atomic E-state index is 0.176. The number of thiophene rings is 1. The molecule has 1 amide bonds. The minimum atomic E-state index is 0.176. The molecule has 0 N–H and O–H groups in total. The number of piperidine rings is 1. The molecule has 0 saturated carbocycles. The Kier molecular flexibility index (Phi) is 4.66. The van der Waals surface area contributed by atoms with Crippen LogP contribution in [0.4, 0.5) is 5.82 Å². The Bertz CT molecular complexity index is 695. The van der Waals surface area contributed by atoms with Gasteiger partial charge in [0, 0.05) is 44.2 Å². The van der Waals surface area contributed by atoms with Crippen molar-refractivity contribution in [2.45, 2.75) is 25.7 Å². The van der Waals surface area contributed by atoms with Gasteiger partial charge in [-0.3, -0.25) is 4.79 Å². The topological polar surface area (TPSA) is 36.4 Å². The molecule has 0 radical (unpaired) electrons. The molecule has 0 spiro atoms. The summed E-state index contributed by atoms with van der Waals surface area (Å²) in [4.78, 5) is 23.1. The van der Waals surface area contributed by atoms with E-state index in [1.54, 1.807) is 11.3 Å². The molecule has 0 unspecified atom stereocenters. The molecule has 1 aliphatic heterocycles. The standard InChI is InChI=1S/C18H23N3OS/c1-13-6-7-16(23-13)18(22)21-10-4-5-15(12-21)14-8-9-19-17(11-14)20(2)3/h6-9,11,15H,4-5,10,12H2,1-3H3/t15-/m1/s1. The van der Waals surface area contributed by atoms with E-state index < -0.39 is 0 Å². The maximum Gasteiger partial charge on any atom is 0.263 e. The van der Waals surface area contributed by atoms with Gasteiger partial charge in [-0.25, -0.2) is 4.98 Å².